The van der Waals surface area contributed by atoms with Gasteiger partial charge in [0.05, 0.1) is 12.3 Å². The van der Waals surface area contributed by atoms with Crippen LogP contribution in [0.2, 0.25) is 0 Å². The van der Waals surface area contributed by atoms with Crippen LogP contribution in [-0.2, 0) is 11.2 Å². The van der Waals surface area contributed by atoms with Crippen LogP contribution in [0.4, 0.5) is 0 Å². The number of hydrogen-bond donors (Lipinski definition) is 2. The van der Waals surface area contributed by atoms with Crippen molar-refractivity contribution in [3.63, 3.8) is 0 Å². The van der Waals surface area contributed by atoms with Gasteiger partial charge < -0.3 is 15.5 Å². The number of fused-ring (bicyclic) bond motifs is 1. The van der Waals surface area contributed by atoms with Gasteiger partial charge in [-0.05, 0) is 38.3 Å². The highest BCUT2D eigenvalue weighted by atomic mass is 16.3. The van der Waals surface area contributed by atoms with Crippen molar-refractivity contribution in [2.24, 2.45) is 11.7 Å². The Hall–Kier alpha value is -1.29. The van der Waals surface area contributed by atoms with Gasteiger partial charge in [-0.25, -0.2) is 0 Å². The number of carbonyl (C=O) groups excluding carboxylic acids is 1. The summed E-state index contributed by atoms with van der Waals surface area (Å²) >= 11 is 0. The summed E-state index contributed by atoms with van der Waals surface area (Å²) in [5.74, 6) is 1.19. The van der Waals surface area contributed by atoms with E-state index in [1.165, 1.54) is 0 Å². The molecule has 1 aromatic heterocycles. The fourth-order valence-electron chi connectivity index (χ4n) is 2.51. The van der Waals surface area contributed by atoms with Crippen LogP contribution in [-0.4, -0.2) is 12.5 Å². The largest absolute Gasteiger partial charge is 0.469 e. The number of carbonyl (C=O) groups is 1. The Kier molecular flexibility index (Phi) is 4.42. The van der Waals surface area contributed by atoms with Crippen molar-refractivity contribution in [2.45, 2.75) is 45.1 Å². The Morgan fingerprint density at radius 1 is 1.67 bits per heavy atom. The number of amides is 1. The lowest BCUT2D eigenvalue weighted by Gasteiger charge is -2.24. The first kappa shape index (κ1) is 13.1. The summed E-state index contributed by atoms with van der Waals surface area (Å²) in [5.41, 5.74) is 6.62. The Bertz CT molecular complexity index is 400. The Labute approximate surface area is 108 Å². The number of aryl methyl sites for hydroxylation is 1. The van der Waals surface area contributed by atoms with Crippen LogP contribution in [0, 0.1) is 5.92 Å². The van der Waals surface area contributed by atoms with E-state index >= 15 is 0 Å². The number of furan rings is 1. The van der Waals surface area contributed by atoms with E-state index in [0.717, 1.165) is 43.4 Å². The topological polar surface area (TPSA) is 68.3 Å². The van der Waals surface area contributed by atoms with Crippen molar-refractivity contribution in [2.75, 3.05) is 6.54 Å². The predicted molar refractivity (Wildman–Crippen MR) is 70.0 cm³/mol. The summed E-state index contributed by atoms with van der Waals surface area (Å²) in [6, 6.07) is 2.10. The predicted octanol–water partition coefficient (Wildman–Crippen LogP) is 2.15. The Balaban J connectivity index is 1.93. The lowest BCUT2D eigenvalue weighted by Crippen LogP contribution is -2.34. The van der Waals surface area contributed by atoms with Gasteiger partial charge in [-0.1, -0.05) is 6.92 Å². The minimum absolute atomic E-state index is 0.0332. The van der Waals surface area contributed by atoms with Crippen molar-refractivity contribution in [3.05, 3.63) is 23.7 Å². The molecule has 3 N–H and O–H groups in total. The summed E-state index contributed by atoms with van der Waals surface area (Å²) in [5, 5.41) is 3.13. The van der Waals surface area contributed by atoms with E-state index in [4.69, 9.17) is 10.2 Å². The Morgan fingerprint density at radius 3 is 3.28 bits per heavy atom. The fraction of sp³-hybridized carbons (Fsp3) is 0.643. The molecule has 0 aliphatic heterocycles. The molecule has 18 heavy (non-hydrogen) atoms. The normalized spacial score (nSPS) is 20.2. The zero-order valence-electron chi connectivity index (χ0n) is 10.9. The second-order valence-corrected chi connectivity index (χ2v) is 5.08. The second-order valence-electron chi connectivity index (χ2n) is 5.08. The zero-order valence-corrected chi connectivity index (χ0v) is 10.9. The molecule has 0 aromatic carbocycles. The summed E-state index contributed by atoms with van der Waals surface area (Å²) in [6.07, 6.45) is 6.53. The number of hydrogen-bond acceptors (Lipinski definition) is 3. The van der Waals surface area contributed by atoms with Crippen LogP contribution in [0.3, 0.4) is 0 Å². The van der Waals surface area contributed by atoms with Gasteiger partial charge in [0, 0.05) is 17.9 Å². The molecular weight excluding hydrogens is 228 g/mol. The molecule has 1 heterocycles. The molecule has 2 unspecified atom stereocenters. The molecule has 1 amide bonds. The van der Waals surface area contributed by atoms with Gasteiger partial charge in [0.2, 0.25) is 5.91 Å². The molecule has 0 fully saturated rings. The van der Waals surface area contributed by atoms with Crippen molar-refractivity contribution in [1.29, 1.82) is 0 Å². The maximum Gasteiger partial charge on any atom is 0.223 e. The van der Waals surface area contributed by atoms with E-state index in [9.17, 15) is 4.79 Å². The van der Waals surface area contributed by atoms with Crippen LogP contribution < -0.4 is 11.1 Å². The van der Waals surface area contributed by atoms with Crippen molar-refractivity contribution >= 4 is 5.91 Å². The standard InChI is InChI=1S/C14H22N2O2/c1-10(4-3-8-15)14(17)16-12-5-2-6-13-11(12)7-9-18-13/h7,9-10,12H,2-6,8,15H2,1H3,(H,16,17). The monoisotopic (exact) mass is 250 g/mol. The first-order valence-electron chi connectivity index (χ1n) is 6.79. The SMILES string of the molecule is CC(CCCN)C(=O)NC1CCCc2occc21. The van der Waals surface area contributed by atoms with E-state index in [0.29, 0.717) is 6.54 Å². The highest BCUT2D eigenvalue weighted by molar-refractivity contribution is 5.78. The molecular formula is C14H22N2O2. The quantitative estimate of drug-likeness (QED) is 0.841. The van der Waals surface area contributed by atoms with E-state index in [1.807, 2.05) is 13.0 Å². The molecule has 2 rings (SSSR count). The molecule has 100 valence electrons. The Morgan fingerprint density at radius 2 is 2.50 bits per heavy atom. The summed E-state index contributed by atoms with van der Waals surface area (Å²) in [4.78, 5) is 12.1. The average molecular weight is 250 g/mol. The van der Waals surface area contributed by atoms with Crippen molar-refractivity contribution < 1.29 is 9.21 Å². The number of nitrogens with two attached hydrogens (primary N) is 1. The minimum atomic E-state index is 0.0332. The third-order valence-corrected chi connectivity index (χ3v) is 3.66. The van der Waals surface area contributed by atoms with Gasteiger partial charge >= 0.3 is 0 Å². The molecule has 0 saturated heterocycles. The van der Waals surface area contributed by atoms with Gasteiger partial charge in [-0.15, -0.1) is 0 Å². The molecule has 4 heteroatoms. The van der Waals surface area contributed by atoms with Gasteiger partial charge in [-0.2, -0.15) is 0 Å². The average Bonchev–Trinajstić information content (AvgIpc) is 2.85. The zero-order chi connectivity index (χ0) is 13.0. The molecule has 2 atom stereocenters. The fourth-order valence-corrected chi connectivity index (χ4v) is 2.51. The van der Waals surface area contributed by atoms with Crippen molar-refractivity contribution in [1.82, 2.24) is 5.32 Å². The number of nitrogens with one attached hydrogen (secondary N) is 1. The summed E-state index contributed by atoms with van der Waals surface area (Å²) < 4.78 is 5.43. The first-order valence-corrected chi connectivity index (χ1v) is 6.79. The van der Waals surface area contributed by atoms with E-state index < -0.39 is 0 Å². The number of rotatable bonds is 5. The molecule has 1 aromatic rings. The van der Waals surface area contributed by atoms with E-state index in [1.54, 1.807) is 6.26 Å². The molecule has 0 bridgehead atoms. The van der Waals surface area contributed by atoms with Gasteiger partial charge in [0.15, 0.2) is 0 Å². The maximum absolute atomic E-state index is 12.1. The molecule has 1 aliphatic carbocycles. The third-order valence-electron chi connectivity index (χ3n) is 3.66. The van der Waals surface area contributed by atoms with Gasteiger partial charge in [0.25, 0.3) is 0 Å². The van der Waals surface area contributed by atoms with Crippen LogP contribution in [0.15, 0.2) is 16.7 Å². The highest BCUT2D eigenvalue weighted by Gasteiger charge is 2.25. The molecule has 0 saturated carbocycles. The smallest absolute Gasteiger partial charge is 0.223 e. The van der Waals surface area contributed by atoms with E-state index in [2.05, 4.69) is 5.32 Å². The van der Waals surface area contributed by atoms with Crippen LogP contribution >= 0.6 is 0 Å². The van der Waals surface area contributed by atoms with Gasteiger partial charge in [-0.3, -0.25) is 4.79 Å². The van der Waals surface area contributed by atoms with Gasteiger partial charge in [0.1, 0.15) is 5.76 Å². The molecule has 0 radical (unpaired) electrons. The van der Waals surface area contributed by atoms with Crippen LogP contribution in [0.5, 0.6) is 0 Å². The maximum atomic E-state index is 12.1. The van der Waals surface area contributed by atoms with Crippen LogP contribution in [0.1, 0.15) is 50.0 Å². The molecule has 4 nitrogen and oxygen atoms in total. The van der Waals surface area contributed by atoms with Crippen molar-refractivity contribution in [3.8, 4) is 0 Å². The lowest BCUT2D eigenvalue weighted by atomic mass is 9.92. The third kappa shape index (κ3) is 2.93. The molecule has 0 spiro atoms. The summed E-state index contributed by atoms with van der Waals surface area (Å²) in [7, 11) is 0. The van der Waals surface area contributed by atoms with Crippen LogP contribution in [0.25, 0.3) is 0 Å². The first-order chi connectivity index (χ1) is 8.72. The summed E-state index contributed by atoms with van der Waals surface area (Å²) in [6.45, 7) is 2.61. The second kappa shape index (κ2) is 6.05. The highest BCUT2D eigenvalue weighted by Crippen LogP contribution is 2.30. The van der Waals surface area contributed by atoms with E-state index in [-0.39, 0.29) is 17.9 Å². The minimum Gasteiger partial charge on any atom is -0.469 e. The molecule has 1 aliphatic rings. The lowest BCUT2D eigenvalue weighted by molar-refractivity contribution is -0.125.